The van der Waals surface area contributed by atoms with Crippen LogP contribution in [0.1, 0.15) is 0 Å². The first-order chi connectivity index (χ1) is 5.81. The van der Waals surface area contributed by atoms with Crippen molar-refractivity contribution in [3.63, 3.8) is 0 Å². The Hall–Kier alpha value is -0.830. The molecule has 0 heterocycles. The van der Waals surface area contributed by atoms with E-state index in [4.69, 9.17) is 0 Å². The molecule has 1 rings (SSSR count). The van der Waals surface area contributed by atoms with Gasteiger partial charge in [-0.2, -0.15) is 0 Å². The molecule has 12 heavy (non-hydrogen) atoms. The largest absolute Gasteiger partial charge is 0.388 e. The van der Waals surface area contributed by atoms with Gasteiger partial charge in [-0.1, -0.05) is 0 Å². The van der Waals surface area contributed by atoms with E-state index in [1.54, 1.807) is 11.8 Å². The average molecular weight is 182 g/mol. The maximum atomic E-state index is 3.15. The van der Waals surface area contributed by atoms with Crippen LogP contribution in [-0.2, 0) is 0 Å². The zero-order valence-corrected chi connectivity index (χ0v) is 8.46. The topological polar surface area (TPSA) is 24.1 Å². The molecule has 2 nitrogen and oxygen atoms in total. The van der Waals surface area contributed by atoms with Gasteiger partial charge in [0.2, 0.25) is 0 Å². The zero-order chi connectivity index (χ0) is 8.97. The summed E-state index contributed by atoms with van der Waals surface area (Å²) in [6, 6.07) is 6.28. The quantitative estimate of drug-likeness (QED) is 0.702. The van der Waals surface area contributed by atoms with E-state index in [1.807, 2.05) is 14.1 Å². The molecule has 0 aliphatic rings. The van der Waals surface area contributed by atoms with Crippen molar-refractivity contribution in [1.29, 1.82) is 0 Å². The number of hydrogen-bond donors (Lipinski definition) is 2. The molecule has 66 valence electrons. The number of rotatable bonds is 3. The second-order valence-corrected chi connectivity index (χ2v) is 3.26. The molecule has 1 aromatic carbocycles. The van der Waals surface area contributed by atoms with Crippen LogP contribution in [0.5, 0.6) is 0 Å². The fraction of sp³-hybridized carbons (Fsp3) is 0.333. The maximum absolute atomic E-state index is 3.15. The molecule has 0 bridgehead atoms. The summed E-state index contributed by atoms with van der Waals surface area (Å²) in [7, 11) is 3.87. The first-order valence-corrected chi connectivity index (χ1v) is 5.08. The lowest BCUT2D eigenvalue weighted by Crippen LogP contribution is -1.93. The normalized spacial score (nSPS) is 9.58. The molecule has 0 fully saturated rings. The minimum Gasteiger partial charge on any atom is -0.388 e. The van der Waals surface area contributed by atoms with Gasteiger partial charge in [0.05, 0.1) is 0 Å². The molecular weight excluding hydrogens is 168 g/mol. The van der Waals surface area contributed by atoms with E-state index in [-0.39, 0.29) is 0 Å². The second kappa shape index (κ2) is 4.26. The molecule has 0 aromatic heterocycles. The van der Waals surface area contributed by atoms with Crippen molar-refractivity contribution in [3.05, 3.63) is 18.2 Å². The van der Waals surface area contributed by atoms with Crippen molar-refractivity contribution in [1.82, 2.24) is 0 Å². The van der Waals surface area contributed by atoms with Crippen LogP contribution in [0.3, 0.4) is 0 Å². The van der Waals surface area contributed by atoms with Crippen molar-refractivity contribution in [2.24, 2.45) is 0 Å². The Labute approximate surface area is 77.7 Å². The third-order valence-electron chi connectivity index (χ3n) is 1.76. The summed E-state index contributed by atoms with van der Waals surface area (Å²) in [6.07, 6.45) is 2.08. The van der Waals surface area contributed by atoms with E-state index in [2.05, 4.69) is 35.1 Å². The van der Waals surface area contributed by atoms with Gasteiger partial charge in [0.1, 0.15) is 0 Å². The van der Waals surface area contributed by atoms with Gasteiger partial charge in [-0.15, -0.1) is 11.8 Å². The van der Waals surface area contributed by atoms with Crippen LogP contribution in [-0.4, -0.2) is 20.4 Å². The highest BCUT2D eigenvalue weighted by atomic mass is 32.2. The minimum atomic E-state index is 1.15. The van der Waals surface area contributed by atoms with Gasteiger partial charge in [0.25, 0.3) is 0 Å². The molecule has 0 aliphatic heterocycles. The highest BCUT2D eigenvalue weighted by Gasteiger charge is 1.99. The van der Waals surface area contributed by atoms with Crippen LogP contribution < -0.4 is 10.6 Å². The fourth-order valence-electron chi connectivity index (χ4n) is 1.05. The molecular formula is C9H14N2S. The lowest BCUT2D eigenvalue weighted by molar-refractivity contribution is 1.37. The summed E-state index contributed by atoms with van der Waals surface area (Å²) in [6.45, 7) is 0. The number of hydrogen-bond acceptors (Lipinski definition) is 3. The van der Waals surface area contributed by atoms with Crippen molar-refractivity contribution in [3.8, 4) is 0 Å². The van der Waals surface area contributed by atoms with Gasteiger partial charge in [0.15, 0.2) is 0 Å². The van der Waals surface area contributed by atoms with Gasteiger partial charge >= 0.3 is 0 Å². The minimum absolute atomic E-state index is 1.15. The van der Waals surface area contributed by atoms with Gasteiger partial charge in [-0.3, -0.25) is 0 Å². The van der Waals surface area contributed by atoms with Gasteiger partial charge < -0.3 is 10.6 Å². The third-order valence-corrected chi connectivity index (χ3v) is 2.54. The summed E-state index contributed by atoms with van der Waals surface area (Å²) in [5, 5.41) is 6.26. The number of thioether (sulfide) groups is 1. The predicted molar refractivity (Wildman–Crippen MR) is 57.3 cm³/mol. The van der Waals surface area contributed by atoms with Crippen molar-refractivity contribution in [2.45, 2.75) is 4.90 Å². The Balaban J connectivity index is 3.02. The molecule has 0 atom stereocenters. The van der Waals surface area contributed by atoms with Crippen LogP contribution in [0.4, 0.5) is 11.4 Å². The number of nitrogens with one attached hydrogen (secondary N) is 2. The maximum Gasteiger partial charge on any atom is 0.0477 e. The molecule has 0 spiro atoms. The number of anilines is 2. The Bertz CT molecular complexity index is 261. The fourth-order valence-corrected chi connectivity index (χ4v) is 1.69. The predicted octanol–water partition coefficient (Wildman–Crippen LogP) is 2.49. The van der Waals surface area contributed by atoms with Crippen molar-refractivity contribution in [2.75, 3.05) is 31.0 Å². The van der Waals surface area contributed by atoms with Crippen molar-refractivity contribution >= 4 is 23.1 Å². The van der Waals surface area contributed by atoms with Gasteiger partial charge in [-0.05, 0) is 24.5 Å². The zero-order valence-electron chi connectivity index (χ0n) is 7.64. The summed E-state index contributed by atoms with van der Waals surface area (Å²) in [4.78, 5) is 1.27. The van der Waals surface area contributed by atoms with Crippen molar-refractivity contribution < 1.29 is 0 Å². The second-order valence-electron chi connectivity index (χ2n) is 2.42. The molecule has 2 N–H and O–H groups in total. The molecule has 0 unspecified atom stereocenters. The molecule has 0 saturated heterocycles. The van der Waals surface area contributed by atoms with Crippen LogP contribution in [0, 0.1) is 0 Å². The standard InChI is InChI=1S/C9H14N2S/c1-10-7-4-5-8(11-2)9(6-7)12-3/h4-6,10-11H,1-3H3. The van der Waals surface area contributed by atoms with Gasteiger partial charge in [-0.25, -0.2) is 0 Å². The Morgan fingerprint density at radius 3 is 2.42 bits per heavy atom. The lowest BCUT2D eigenvalue weighted by atomic mass is 10.3. The summed E-state index contributed by atoms with van der Waals surface area (Å²) in [5.41, 5.74) is 2.33. The summed E-state index contributed by atoms with van der Waals surface area (Å²) >= 11 is 1.75. The SMILES string of the molecule is CNc1ccc(NC)c(SC)c1. The molecule has 1 aromatic rings. The van der Waals surface area contributed by atoms with E-state index in [0.29, 0.717) is 0 Å². The summed E-state index contributed by atoms with van der Waals surface area (Å²) in [5.74, 6) is 0. The van der Waals surface area contributed by atoms with E-state index in [9.17, 15) is 0 Å². The highest BCUT2D eigenvalue weighted by molar-refractivity contribution is 7.98. The van der Waals surface area contributed by atoms with E-state index in [0.717, 1.165) is 5.69 Å². The molecule has 0 aliphatic carbocycles. The Morgan fingerprint density at radius 1 is 1.17 bits per heavy atom. The Morgan fingerprint density at radius 2 is 1.92 bits per heavy atom. The van der Waals surface area contributed by atoms with Gasteiger partial charge in [0, 0.05) is 30.4 Å². The van der Waals surface area contributed by atoms with Crippen LogP contribution >= 0.6 is 11.8 Å². The molecule has 0 radical (unpaired) electrons. The van der Waals surface area contributed by atoms with Crippen LogP contribution in [0.25, 0.3) is 0 Å². The van der Waals surface area contributed by atoms with E-state index >= 15 is 0 Å². The monoisotopic (exact) mass is 182 g/mol. The van der Waals surface area contributed by atoms with Crippen LogP contribution in [0.15, 0.2) is 23.1 Å². The highest BCUT2D eigenvalue weighted by Crippen LogP contribution is 2.27. The molecule has 3 heteroatoms. The Kier molecular flexibility index (Phi) is 3.29. The first kappa shape index (κ1) is 9.26. The van der Waals surface area contributed by atoms with E-state index < -0.39 is 0 Å². The van der Waals surface area contributed by atoms with Crippen LogP contribution in [0.2, 0.25) is 0 Å². The lowest BCUT2D eigenvalue weighted by Gasteiger charge is -2.08. The summed E-state index contributed by atoms with van der Waals surface area (Å²) < 4.78 is 0. The molecule has 0 saturated carbocycles. The molecule has 0 amide bonds. The third kappa shape index (κ3) is 1.85. The van der Waals surface area contributed by atoms with E-state index in [1.165, 1.54) is 10.6 Å². The average Bonchev–Trinajstić information content (AvgIpc) is 2.16. The first-order valence-electron chi connectivity index (χ1n) is 3.85. The number of benzene rings is 1. The smallest absolute Gasteiger partial charge is 0.0477 e.